The van der Waals surface area contributed by atoms with Crippen LogP contribution in [-0.2, 0) is 0 Å². The van der Waals surface area contributed by atoms with E-state index in [0.29, 0.717) is 0 Å². The van der Waals surface area contributed by atoms with E-state index in [4.69, 9.17) is 9.97 Å². The lowest BCUT2D eigenvalue weighted by atomic mass is 9.97. The van der Waals surface area contributed by atoms with Crippen LogP contribution in [0.25, 0.3) is 121 Å². The summed E-state index contributed by atoms with van der Waals surface area (Å²) in [5, 5.41) is 10.7. The predicted octanol–water partition coefficient (Wildman–Crippen LogP) is 15.1. The second kappa shape index (κ2) is 13.6. The molecule has 13 rings (SSSR count). The highest BCUT2D eigenvalue weighted by molar-refractivity contribution is 6.24. The van der Waals surface area contributed by atoms with E-state index in [1.54, 1.807) is 0 Å². The summed E-state index contributed by atoms with van der Waals surface area (Å²) < 4.78 is 4.76. The van der Waals surface area contributed by atoms with Gasteiger partial charge in [-0.2, -0.15) is 0 Å². The van der Waals surface area contributed by atoms with E-state index in [1.807, 2.05) is 6.20 Å². The lowest BCUT2D eigenvalue weighted by Gasteiger charge is -2.11. The summed E-state index contributed by atoms with van der Waals surface area (Å²) in [4.78, 5) is 10.2. The maximum Gasteiger partial charge on any atom is 0.159 e. The van der Waals surface area contributed by atoms with Gasteiger partial charge in [-0.05, 0) is 111 Å². The van der Waals surface area contributed by atoms with Gasteiger partial charge in [0, 0.05) is 55.5 Å². The molecule has 0 aliphatic rings. The summed E-state index contributed by atoms with van der Waals surface area (Å²) >= 11 is 0. The zero-order valence-corrected chi connectivity index (χ0v) is 33.6. The number of aromatic nitrogens is 4. The molecule has 3 aromatic heterocycles. The number of rotatable bonds is 5. The van der Waals surface area contributed by atoms with Gasteiger partial charge >= 0.3 is 0 Å². The second-order valence-corrected chi connectivity index (χ2v) is 16.2. The molecule has 0 radical (unpaired) electrons. The van der Waals surface area contributed by atoms with E-state index in [0.717, 1.165) is 50.2 Å². The Morgan fingerprint density at radius 3 is 1.27 bits per heavy atom. The third-order valence-corrected chi connectivity index (χ3v) is 12.7. The van der Waals surface area contributed by atoms with Crippen LogP contribution in [0.15, 0.2) is 219 Å². The molecule has 0 amide bonds. The van der Waals surface area contributed by atoms with Crippen LogP contribution < -0.4 is 0 Å². The molecule has 62 heavy (non-hydrogen) atoms. The van der Waals surface area contributed by atoms with Crippen LogP contribution in [0.4, 0.5) is 0 Å². The number of hydrogen-bond acceptors (Lipinski definition) is 2. The summed E-state index contributed by atoms with van der Waals surface area (Å²) in [7, 11) is 0. The maximum atomic E-state index is 5.26. The molecular formula is C58H36N4. The first-order valence-electron chi connectivity index (χ1n) is 21.1. The molecule has 0 unspecified atom stereocenters. The summed E-state index contributed by atoms with van der Waals surface area (Å²) in [6, 6.07) is 76.6. The molecule has 0 fully saturated rings. The van der Waals surface area contributed by atoms with Crippen molar-refractivity contribution >= 4 is 76.1 Å². The van der Waals surface area contributed by atoms with Gasteiger partial charge in [0.05, 0.1) is 27.6 Å². The van der Waals surface area contributed by atoms with Gasteiger partial charge in [-0.25, -0.2) is 9.97 Å². The van der Waals surface area contributed by atoms with Gasteiger partial charge in [0.1, 0.15) is 0 Å². The molecule has 4 heteroatoms. The van der Waals surface area contributed by atoms with Crippen LogP contribution in [-0.4, -0.2) is 19.1 Å². The highest BCUT2D eigenvalue weighted by Gasteiger charge is 2.18. The number of hydrogen-bond donors (Lipinski definition) is 0. The fourth-order valence-corrected chi connectivity index (χ4v) is 9.88. The Morgan fingerprint density at radius 2 is 0.694 bits per heavy atom. The Morgan fingerprint density at radius 1 is 0.274 bits per heavy atom. The van der Waals surface area contributed by atoms with Crippen molar-refractivity contribution in [1.29, 1.82) is 0 Å². The summed E-state index contributed by atoms with van der Waals surface area (Å²) in [5.74, 6) is 0.718. The average molecular weight is 789 g/mol. The third-order valence-electron chi connectivity index (χ3n) is 12.7. The molecule has 0 aliphatic heterocycles. The van der Waals surface area contributed by atoms with Crippen molar-refractivity contribution in [2.75, 3.05) is 0 Å². The van der Waals surface area contributed by atoms with E-state index >= 15 is 0 Å². The molecule has 10 aromatic carbocycles. The Bertz CT molecular complexity index is 3880. The van der Waals surface area contributed by atoms with Crippen LogP contribution in [0.1, 0.15) is 0 Å². The minimum absolute atomic E-state index is 0.718. The van der Waals surface area contributed by atoms with Gasteiger partial charge in [-0.3, -0.25) is 0 Å². The molecule has 13 aromatic rings. The van der Waals surface area contributed by atoms with Gasteiger partial charge in [-0.15, -0.1) is 0 Å². The van der Waals surface area contributed by atoms with Crippen molar-refractivity contribution in [2.24, 2.45) is 0 Å². The first kappa shape index (κ1) is 34.5. The maximum absolute atomic E-state index is 5.26. The molecule has 4 nitrogen and oxygen atoms in total. The van der Waals surface area contributed by atoms with Crippen LogP contribution in [0.5, 0.6) is 0 Å². The molecule has 0 saturated heterocycles. The van der Waals surface area contributed by atoms with Gasteiger partial charge in [0.15, 0.2) is 5.82 Å². The summed E-state index contributed by atoms with van der Waals surface area (Å²) in [6.45, 7) is 0. The molecule has 0 N–H and O–H groups in total. The van der Waals surface area contributed by atoms with Gasteiger partial charge in [0.25, 0.3) is 0 Å². The average Bonchev–Trinajstić information content (AvgIpc) is 3.86. The molecule has 0 bridgehead atoms. The highest BCUT2D eigenvalue weighted by atomic mass is 15.0. The number of nitrogens with zero attached hydrogens (tertiary/aromatic N) is 4. The van der Waals surface area contributed by atoms with Crippen LogP contribution in [0.2, 0.25) is 0 Å². The van der Waals surface area contributed by atoms with Crippen LogP contribution in [0.3, 0.4) is 0 Å². The molecule has 3 heterocycles. The Labute approximate surface area is 357 Å². The number of benzene rings is 10. The van der Waals surface area contributed by atoms with E-state index in [1.165, 1.54) is 70.9 Å². The monoisotopic (exact) mass is 788 g/mol. The van der Waals surface area contributed by atoms with Gasteiger partial charge in [-0.1, -0.05) is 140 Å². The Balaban J connectivity index is 0.962. The van der Waals surface area contributed by atoms with Crippen molar-refractivity contribution in [3.63, 3.8) is 0 Å². The Kier molecular flexibility index (Phi) is 7.57. The highest BCUT2D eigenvalue weighted by Crippen LogP contribution is 2.40. The summed E-state index contributed by atoms with van der Waals surface area (Å²) in [6.07, 6.45) is 2.00. The minimum atomic E-state index is 0.718. The first-order valence-corrected chi connectivity index (χ1v) is 21.1. The zero-order valence-electron chi connectivity index (χ0n) is 33.6. The van der Waals surface area contributed by atoms with Gasteiger partial charge in [0.2, 0.25) is 0 Å². The first-order chi connectivity index (χ1) is 30.7. The summed E-state index contributed by atoms with van der Waals surface area (Å²) in [5.41, 5.74) is 13.6. The fourth-order valence-electron chi connectivity index (χ4n) is 9.88. The van der Waals surface area contributed by atoms with Crippen molar-refractivity contribution in [2.45, 2.75) is 0 Å². The second-order valence-electron chi connectivity index (χ2n) is 16.2. The topological polar surface area (TPSA) is 35.6 Å². The van der Waals surface area contributed by atoms with E-state index < -0.39 is 0 Å². The molecule has 0 spiro atoms. The SMILES string of the molecule is c1ccc(-n2c3ccccc3c3cc(-c4ccc5c(c4)c4cc(-c6cccc(-c7ncc8c9ccccc9c9ccccc9c8n7)c6)ccc4n5-c4ccccc4)ccc32)cc1. The van der Waals surface area contributed by atoms with Crippen LogP contribution in [0, 0.1) is 0 Å². The molecule has 288 valence electrons. The van der Waals surface area contributed by atoms with Crippen molar-refractivity contribution < 1.29 is 0 Å². The van der Waals surface area contributed by atoms with E-state index in [-0.39, 0.29) is 0 Å². The van der Waals surface area contributed by atoms with Crippen LogP contribution >= 0.6 is 0 Å². The molecule has 0 aliphatic carbocycles. The van der Waals surface area contributed by atoms with E-state index in [2.05, 4.69) is 221 Å². The van der Waals surface area contributed by atoms with E-state index in [9.17, 15) is 0 Å². The molecule has 0 atom stereocenters. The third kappa shape index (κ3) is 5.27. The lowest BCUT2D eigenvalue weighted by Crippen LogP contribution is -1.93. The standard InChI is InChI=1S/C58H36N4/c1-3-16-42(17-4-1)61-53-25-12-11-23-47(53)49-33-39(27-29-54(49)61)40-28-31-56-51(35-40)50-34-38(26-30-55(50)62(56)43-18-5-2-6-19-43)37-14-13-15-41(32-37)58-59-36-52-46-22-8-7-20-44(46)45-21-9-10-24-48(45)57(52)60-58/h1-36H. The predicted molar refractivity (Wildman–Crippen MR) is 260 cm³/mol. The van der Waals surface area contributed by atoms with Crippen molar-refractivity contribution in [3.05, 3.63) is 219 Å². The van der Waals surface area contributed by atoms with Crippen molar-refractivity contribution in [3.8, 4) is 45.0 Å². The quantitative estimate of drug-likeness (QED) is 0.163. The molecule has 0 saturated carbocycles. The normalized spacial score (nSPS) is 11.9. The number of fused-ring (bicyclic) bond motifs is 12. The smallest absolute Gasteiger partial charge is 0.159 e. The van der Waals surface area contributed by atoms with Gasteiger partial charge < -0.3 is 9.13 Å². The minimum Gasteiger partial charge on any atom is -0.309 e. The lowest BCUT2D eigenvalue weighted by molar-refractivity contribution is 1.18. The zero-order chi connectivity index (χ0) is 40.7. The molecular weight excluding hydrogens is 753 g/mol. The fraction of sp³-hybridized carbons (Fsp3) is 0. The van der Waals surface area contributed by atoms with Crippen molar-refractivity contribution in [1.82, 2.24) is 19.1 Å². The Hall–Kier alpha value is -8.34. The largest absolute Gasteiger partial charge is 0.309 e. The number of para-hydroxylation sites is 3.